The van der Waals surface area contributed by atoms with Crippen molar-refractivity contribution >= 4 is 0 Å². The van der Waals surface area contributed by atoms with Crippen molar-refractivity contribution in [1.29, 1.82) is 0 Å². The Labute approximate surface area is 110 Å². The van der Waals surface area contributed by atoms with E-state index in [0.717, 1.165) is 37.4 Å². The summed E-state index contributed by atoms with van der Waals surface area (Å²) in [7, 11) is 1.71. The third-order valence-electron chi connectivity index (χ3n) is 2.53. The van der Waals surface area contributed by atoms with Gasteiger partial charge in [0, 0.05) is 26.6 Å². The Morgan fingerprint density at radius 2 is 1.94 bits per heavy atom. The van der Waals surface area contributed by atoms with Crippen LogP contribution in [-0.4, -0.2) is 26.9 Å². The van der Waals surface area contributed by atoms with Gasteiger partial charge in [0.1, 0.15) is 5.75 Å². The van der Waals surface area contributed by atoms with Crippen LogP contribution in [0.15, 0.2) is 36.4 Å². The van der Waals surface area contributed by atoms with Gasteiger partial charge in [-0.05, 0) is 24.6 Å². The molecule has 3 nitrogen and oxygen atoms in total. The Morgan fingerprint density at radius 3 is 2.56 bits per heavy atom. The molecule has 0 spiro atoms. The Morgan fingerprint density at radius 1 is 1.22 bits per heavy atom. The normalized spacial score (nSPS) is 10.3. The highest BCUT2D eigenvalue weighted by atomic mass is 16.5. The average Bonchev–Trinajstić information content (AvgIpc) is 2.36. The summed E-state index contributed by atoms with van der Waals surface area (Å²) >= 11 is 0. The predicted octanol–water partition coefficient (Wildman–Crippen LogP) is 2.77. The molecule has 0 atom stereocenters. The van der Waals surface area contributed by atoms with Gasteiger partial charge in [0.25, 0.3) is 0 Å². The zero-order valence-electron chi connectivity index (χ0n) is 11.4. The van der Waals surface area contributed by atoms with Crippen molar-refractivity contribution < 1.29 is 9.47 Å². The molecule has 1 N–H and O–H groups in total. The number of methoxy groups -OCH3 is 1. The first-order valence-corrected chi connectivity index (χ1v) is 6.28. The highest BCUT2D eigenvalue weighted by Crippen LogP contribution is 2.12. The molecule has 1 aromatic rings. The summed E-state index contributed by atoms with van der Waals surface area (Å²) in [5.41, 5.74) is 2.40. The molecule has 0 unspecified atom stereocenters. The quantitative estimate of drug-likeness (QED) is 0.539. The van der Waals surface area contributed by atoms with Crippen LogP contribution in [0.2, 0.25) is 0 Å². The molecule has 0 saturated carbocycles. The molecule has 0 aliphatic rings. The molecule has 0 aliphatic carbocycles. The Kier molecular flexibility index (Phi) is 7.14. The highest BCUT2D eigenvalue weighted by molar-refractivity contribution is 5.27. The standard InChI is InChI=1S/C15H23NO2/c1-13(2)8-10-18-15-6-4-14(5-7-15)12-16-9-11-17-3/h4-7,16H,1,8-12H2,2-3H3. The number of rotatable bonds is 9. The molecule has 3 heteroatoms. The monoisotopic (exact) mass is 249 g/mol. The average molecular weight is 249 g/mol. The molecule has 18 heavy (non-hydrogen) atoms. The van der Waals surface area contributed by atoms with Gasteiger partial charge in [0.05, 0.1) is 13.2 Å². The van der Waals surface area contributed by atoms with E-state index in [4.69, 9.17) is 9.47 Å². The molecule has 0 radical (unpaired) electrons. The van der Waals surface area contributed by atoms with Gasteiger partial charge in [-0.25, -0.2) is 0 Å². The van der Waals surface area contributed by atoms with Crippen molar-refractivity contribution in [2.45, 2.75) is 19.9 Å². The Bertz CT molecular complexity index is 346. The minimum absolute atomic E-state index is 0.695. The lowest BCUT2D eigenvalue weighted by atomic mass is 10.2. The molecule has 0 heterocycles. The van der Waals surface area contributed by atoms with Gasteiger partial charge in [-0.15, -0.1) is 6.58 Å². The van der Waals surface area contributed by atoms with E-state index in [0.29, 0.717) is 6.61 Å². The summed E-state index contributed by atoms with van der Waals surface area (Å²) in [6, 6.07) is 8.17. The first-order chi connectivity index (χ1) is 8.72. The minimum Gasteiger partial charge on any atom is -0.493 e. The number of hydrogen-bond donors (Lipinski definition) is 1. The van der Waals surface area contributed by atoms with E-state index in [1.807, 2.05) is 19.1 Å². The number of ether oxygens (including phenoxy) is 2. The van der Waals surface area contributed by atoms with Crippen LogP contribution in [0.3, 0.4) is 0 Å². The maximum atomic E-state index is 5.61. The van der Waals surface area contributed by atoms with Crippen LogP contribution in [-0.2, 0) is 11.3 Å². The van der Waals surface area contributed by atoms with Gasteiger partial charge >= 0.3 is 0 Å². The summed E-state index contributed by atoms with van der Waals surface area (Å²) in [5.74, 6) is 0.914. The summed E-state index contributed by atoms with van der Waals surface area (Å²) in [4.78, 5) is 0. The molecule has 100 valence electrons. The van der Waals surface area contributed by atoms with Crippen LogP contribution in [0, 0.1) is 0 Å². The van der Waals surface area contributed by atoms with Gasteiger partial charge in [-0.1, -0.05) is 17.7 Å². The van der Waals surface area contributed by atoms with E-state index in [9.17, 15) is 0 Å². The zero-order valence-corrected chi connectivity index (χ0v) is 11.4. The fraction of sp³-hybridized carbons (Fsp3) is 0.467. The molecule has 0 fully saturated rings. The maximum absolute atomic E-state index is 5.61. The largest absolute Gasteiger partial charge is 0.493 e. The van der Waals surface area contributed by atoms with Gasteiger partial charge in [0.2, 0.25) is 0 Å². The smallest absolute Gasteiger partial charge is 0.119 e. The molecule has 0 aliphatic heterocycles. The third-order valence-corrected chi connectivity index (χ3v) is 2.53. The fourth-order valence-corrected chi connectivity index (χ4v) is 1.45. The van der Waals surface area contributed by atoms with Crippen molar-refractivity contribution in [1.82, 2.24) is 5.32 Å². The van der Waals surface area contributed by atoms with Crippen LogP contribution < -0.4 is 10.1 Å². The molecule has 0 amide bonds. The number of benzene rings is 1. The van der Waals surface area contributed by atoms with E-state index < -0.39 is 0 Å². The van der Waals surface area contributed by atoms with Crippen LogP contribution in [0.5, 0.6) is 5.75 Å². The van der Waals surface area contributed by atoms with Gasteiger partial charge in [0.15, 0.2) is 0 Å². The van der Waals surface area contributed by atoms with Crippen LogP contribution >= 0.6 is 0 Å². The molecule has 0 bridgehead atoms. The number of nitrogens with one attached hydrogen (secondary N) is 1. The summed E-state index contributed by atoms with van der Waals surface area (Å²) in [6.45, 7) is 9.02. The van der Waals surface area contributed by atoms with Crippen LogP contribution in [0.25, 0.3) is 0 Å². The van der Waals surface area contributed by atoms with Gasteiger partial charge < -0.3 is 14.8 Å². The van der Waals surface area contributed by atoms with Crippen molar-refractivity contribution in [3.63, 3.8) is 0 Å². The Hall–Kier alpha value is -1.32. The molecule has 1 aromatic carbocycles. The lowest BCUT2D eigenvalue weighted by Crippen LogP contribution is -2.18. The first-order valence-electron chi connectivity index (χ1n) is 6.28. The van der Waals surface area contributed by atoms with Crippen LogP contribution in [0.4, 0.5) is 0 Å². The SMILES string of the molecule is C=C(C)CCOc1ccc(CNCCOC)cc1. The molecule has 1 rings (SSSR count). The molecular formula is C15H23NO2. The van der Waals surface area contributed by atoms with E-state index in [-0.39, 0.29) is 0 Å². The first kappa shape index (κ1) is 14.7. The van der Waals surface area contributed by atoms with Crippen molar-refractivity contribution in [3.05, 3.63) is 42.0 Å². The fourth-order valence-electron chi connectivity index (χ4n) is 1.45. The summed E-state index contributed by atoms with van der Waals surface area (Å²) in [5, 5.41) is 3.30. The van der Waals surface area contributed by atoms with Crippen LogP contribution in [0.1, 0.15) is 18.9 Å². The van der Waals surface area contributed by atoms with E-state index in [2.05, 4.69) is 24.0 Å². The topological polar surface area (TPSA) is 30.5 Å². The van der Waals surface area contributed by atoms with Gasteiger partial charge in [-0.3, -0.25) is 0 Å². The highest BCUT2D eigenvalue weighted by Gasteiger charge is 1.96. The minimum atomic E-state index is 0.695. The Balaban J connectivity index is 2.26. The third kappa shape index (κ3) is 6.42. The molecule has 0 saturated heterocycles. The van der Waals surface area contributed by atoms with Crippen molar-refractivity contribution in [3.8, 4) is 5.75 Å². The lowest BCUT2D eigenvalue weighted by Gasteiger charge is -2.08. The molecule has 0 aromatic heterocycles. The maximum Gasteiger partial charge on any atom is 0.119 e. The van der Waals surface area contributed by atoms with E-state index in [1.165, 1.54) is 5.56 Å². The van der Waals surface area contributed by atoms with Gasteiger partial charge in [-0.2, -0.15) is 0 Å². The van der Waals surface area contributed by atoms with Crippen molar-refractivity contribution in [2.24, 2.45) is 0 Å². The van der Waals surface area contributed by atoms with Crippen molar-refractivity contribution in [2.75, 3.05) is 26.9 Å². The zero-order chi connectivity index (χ0) is 13.2. The second kappa shape index (κ2) is 8.72. The predicted molar refractivity (Wildman–Crippen MR) is 75.0 cm³/mol. The second-order valence-corrected chi connectivity index (χ2v) is 4.37. The molecular weight excluding hydrogens is 226 g/mol. The summed E-state index contributed by atoms with van der Waals surface area (Å²) in [6.07, 6.45) is 0.903. The number of hydrogen-bond acceptors (Lipinski definition) is 3. The van der Waals surface area contributed by atoms with E-state index in [1.54, 1.807) is 7.11 Å². The van der Waals surface area contributed by atoms with E-state index >= 15 is 0 Å². The lowest BCUT2D eigenvalue weighted by molar-refractivity contribution is 0.199. The summed E-state index contributed by atoms with van der Waals surface area (Å²) < 4.78 is 10.6. The second-order valence-electron chi connectivity index (χ2n) is 4.37.